The second-order valence-corrected chi connectivity index (χ2v) is 4.19. The van der Waals surface area contributed by atoms with E-state index in [1.54, 1.807) is 0 Å². The zero-order valence-electron chi connectivity index (χ0n) is 10.7. The summed E-state index contributed by atoms with van der Waals surface area (Å²) < 4.78 is 5.39. The Morgan fingerprint density at radius 3 is 2.78 bits per heavy atom. The molecule has 1 heterocycles. The molecule has 3 N–H and O–H groups in total. The molecule has 1 rings (SSSR count). The maximum Gasteiger partial charge on any atom is 0.341 e. The zero-order valence-corrected chi connectivity index (χ0v) is 10.7. The minimum Gasteiger partial charge on any atom is -0.477 e. The highest BCUT2D eigenvalue weighted by atomic mass is 16.5. The molecule has 0 amide bonds. The van der Waals surface area contributed by atoms with E-state index in [4.69, 9.17) is 15.6 Å². The summed E-state index contributed by atoms with van der Waals surface area (Å²) in [6.07, 6.45) is 7.00. The zero-order chi connectivity index (χ0) is 13.4. The van der Waals surface area contributed by atoms with Crippen molar-refractivity contribution in [3.63, 3.8) is 0 Å². The first-order valence-corrected chi connectivity index (χ1v) is 6.26. The number of pyridine rings is 1. The van der Waals surface area contributed by atoms with Gasteiger partial charge in [-0.05, 0) is 12.5 Å². The number of aromatic nitrogens is 1. The van der Waals surface area contributed by atoms with E-state index in [9.17, 15) is 4.79 Å². The van der Waals surface area contributed by atoms with Crippen molar-refractivity contribution in [2.75, 3.05) is 12.3 Å². The number of nitrogen functional groups attached to an aromatic ring is 1. The van der Waals surface area contributed by atoms with Crippen LogP contribution in [0.5, 0.6) is 5.88 Å². The van der Waals surface area contributed by atoms with Crippen molar-refractivity contribution in [3.05, 3.63) is 17.8 Å². The van der Waals surface area contributed by atoms with Gasteiger partial charge in [-0.2, -0.15) is 0 Å². The monoisotopic (exact) mass is 252 g/mol. The molecule has 0 saturated carbocycles. The first kappa shape index (κ1) is 14.3. The number of nitrogens with zero attached hydrogens (tertiary/aromatic N) is 1. The van der Waals surface area contributed by atoms with Crippen LogP contribution in [0.4, 0.5) is 5.69 Å². The second-order valence-electron chi connectivity index (χ2n) is 4.19. The van der Waals surface area contributed by atoms with Gasteiger partial charge in [0.15, 0.2) is 0 Å². The van der Waals surface area contributed by atoms with Gasteiger partial charge >= 0.3 is 5.97 Å². The third-order valence-corrected chi connectivity index (χ3v) is 2.59. The molecule has 0 spiro atoms. The third kappa shape index (κ3) is 4.61. The van der Waals surface area contributed by atoms with E-state index < -0.39 is 5.97 Å². The van der Waals surface area contributed by atoms with Crippen molar-refractivity contribution >= 4 is 11.7 Å². The predicted octanol–water partition coefficient (Wildman–Crippen LogP) is 2.71. The molecule has 0 fully saturated rings. The normalized spacial score (nSPS) is 10.3. The number of hydrogen-bond acceptors (Lipinski definition) is 4. The summed E-state index contributed by atoms with van der Waals surface area (Å²) in [5.41, 5.74) is 5.83. The van der Waals surface area contributed by atoms with E-state index in [0.29, 0.717) is 12.3 Å². The van der Waals surface area contributed by atoms with Gasteiger partial charge in [-0.1, -0.05) is 32.6 Å². The van der Waals surface area contributed by atoms with E-state index in [2.05, 4.69) is 11.9 Å². The van der Waals surface area contributed by atoms with Gasteiger partial charge in [-0.3, -0.25) is 0 Å². The Kier molecular flexibility index (Phi) is 5.97. The van der Waals surface area contributed by atoms with E-state index in [1.807, 2.05) is 0 Å². The van der Waals surface area contributed by atoms with Crippen molar-refractivity contribution in [3.8, 4) is 5.88 Å². The van der Waals surface area contributed by atoms with Gasteiger partial charge < -0.3 is 15.6 Å². The average Bonchev–Trinajstić information content (AvgIpc) is 2.35. The first-order chi connectivity index (χ1) is 8.65. The van der Waals surface area contributed by atoms with Crippen LogP contribution in [-0.2, 0) is 0 Å². The Morgan fingerprint density at radius 1 is 1.39 bits per heavy atom. The van der Waals surface area contributed by atoms with Crippen molar-refractivity contribution < 1.29 is 14.6 Å². The fourth-order valence-electron chi connectivity index (χ4n) is 1.61. The minimum absolute atomic E-state index is 0.0172. The van der Waals surface area contributed by atoms with Gasteiger partial charge in [0.2, 0.25) is 5.88 Å². The number of aromatic carboxylic acids is 1. The molecule has 1 aromatic rings. The number of hydrogen-bond donors (Lipinski definition) is 2. The highest BCUT2D eigenvalue weighted by Crippen LogP contribution is 2.18. The van der Waals surface area contributed by atoms with Gasteiger partial charge in [0, 0.05) is 0 Å². The molecule has 0 aromatic carbocycles. The summed E-state index contributed by atoms with van der Waals surface area (Å²) in [4.78, 5) is 14.9. The Bertz CT molecular complexity index is 394. The van der Waals surface area contributed by atoms with E-state index in [-0.39, 0.29) is 11.4 Å². The molecule has 0 aliphatic carbocycles. The third-order valence-electron chi connectivity index (χ3n) is 2.59. The highest BCUT2D eigenvalue weighted by Gasteiger charge is 2.13. The lowest BCUT2D eigenvalue weighted by Crippen LogP contribution is -2.07. The Morgan fingerprint density at radius 2 is 2.11 bits per heavy atom. The lowest BCUT2D eigenvalue weighted by molar-refractivity contribution is 0.0691. The summed E-state index contributed by atoms with van der Waals surface area (Å²) in [6, 6.07) is 1.36. The van der Waals surface area contributed by atoms with Crippen LogP contribution < -0.4 is 10.5 Å². The number of anilines is 1. The second kappa shape index (κ2) is 7.53. The van der Waals surface area contributed by atoms with Crippen LogP contribution in [0, 0.1) is 0 Å². The summed E-state index contributed by atoms with van der Waals surface area (Å²) in [7, 11) is 0. The molecule has 0 unspecified atom stereocenters. The molecule has 0 aliphatic rings. The standard InChI is InChI=1S/C13H20N2O3/c1-2-3-4-5-6-7-18-12-11(13(16)17)8-10(14)9-15-12/h8-9H,2-7,14H2,1H3,(H,16,17). The molecule has 0 radical (unpaired) electrons. The van der Waals surface area contributed by atoms with Gasteiger partial charge in [0.25, 0.3) is 0 Å². The van der Waals surface area contributed by atoms with Crippen molar-refractivity contribution in [2.45, 2.75) is 39.0 Å². The number of carboxylic acids is 1. The molecule has 0 saturated heterocycles. The summed E-state index contributed by atoms with van der Waals surface area (Å²) in [6.45, 7) is 2.65. The molecule has 0 aliphatic heterocycles. The summed E-state index contributed by atoms with van der Waals surface area (Å²) >= 11 is 0. The number of carbonyl (C=O) groups is 1. The molecule has 100 valence electrons. The highest BCUT2D eigenvalue weighted by molar-refractivity contribution is 5.91. The number of carboxylic acid groups (broad SMARTS) is 1. The summed E-state index contributed by atoms with van der Waals surface area (Å²) in [5.74, 6) is -0.928. The van der Waals surface area contributed by atoms with Gasteiger partial charge in [-0.25, -0.2) is 9.78 Å². The van der Waals surface area contributed by atoms with Crippen LogP contribution >= 0.6 is 0 Å². The van der Waals surface area contributed by atoms with Crippen LogP contribution in [0.1, 0.15) is 49.4 Å². The number of unbranched alkanes of at least 4 members (excludes halogenated alkanes) is 4. The SMILES string of the molecule is CCCCCCCOc1ncc(N)cc1C(=O)O. The maximum absolute atomic E-state index is 11.0. The molecule has 0 bridgehead atoms. The van der Waals surface area contributed by atoms with Crippen LogP contribution in [-0.4, -0.2) is 22.7 Å². The van der Waals surface area contributed by atoms with E-state index >= 15 is 0 Å². The maximum atomic E-state index is 11.0. The lowest BCUT2D eigenvalue weighted by Gasteiger charge is -2.08. The lowest BCUT2D eigenvalue weighted by atomic mass is 10.2. The fraction of sp³-hybridized carbons (Fsp3) is 0.538. The van der Waals surface area contributed by atoms with E-state index in [0.717, 1.165) is 12.8 Å². The van der Waals surface area contributed by atoms with E-state index in [1.165, 1.54) is 31.5 Å². The van der Waals surface area contributed by atoms with Gasteiger partial charge in [0.1, 0.15) is 5.56 Å². The quantitative estimate of drug-likeness (QED) is 0.695. The largest absolute Gasteiger partial charge is 0.477 e. The Labute approximate surface area is 107 Å². The van der Waals surface area contributed by atoms with Crippen LogP contribution in [0.2, 0.25) is 0 Å². The van der Waals surface area contributed by atoms with Crippen LogP contribution in [0.15, 0.2) is 12.3 Å². The molecule has 5 nitrogen and oxygen atoms in total. The Hall–Kier alpha value is -1.78. The number of rotatable bonds is 8. The van der Waals surface area contributed by atoms with Crippen LogP contribution in [0.25, 0.3) is 0 Å². The van der Waals surface area contributed by atoms with Gasteiger partial charge in [-0.15, -0.1) is 0 Å². The topological polar surface area (TPSA) is 85.4 Å². The molecule has 18 heavy (non-hydrogen) atoms. The van der Waals surface area contributed by atoms with Crippen molar-refractivity contribution in [1.29, 1.82) is 0 Å². The smallest absolute Gasteiger partial charge is 0.341 e. The minimum atomic E-state index is -1.07. The molecule has 1 aromatic heterocycles. The molecular weight excluding hydrogens is 232 g/mol. The number of ether oxygens (including phenoxy) is 1. The van der Waals surface area contributed by atoms with Crippen molar-refractivity contribution in [2.24, 2.45) is 0 Å². The van der Waals surface area contributed by atoms with Crippen molar-refractivity contribution in [1.82, 2.24) is 4.98 Å². The predicted molar refractivity (Wildman–Crippen MR) is 69.9 cm³/mol. The number of nitrogens with two attached hydrogens (primary N) is 1. The first-order valence-electron chi connectivity index (χ1n) is 6.26. The Balaban J connectivity index is 2.44. The average molecular weight is 252 g/mol. The molecular formula is C13H20N2O3. The summed E-state index contributed by atoms with van der Waals surface area (Å²) in [5, 5.41) is 8.99. The van der Waals surface area contributed by atoms with Gasteiger partial charge in [0.05, 0.1) is 18.5 Å². The van der Waals surface area contributed by atoms with Crippen LogP contribution in [0.3, 0.4) is 0 Å². The molecule has 5 heteroatoms. The molecule has 0 atom stereocenters. The fourth-order valence-corrected chi connectivity index (χ4v) is 1.61.